The summed E-state index contributed by atoms with van der Waals surface area (Å²) in [5.74, 6) is 0.312. The molecule has 0 saturated heterocycles. The van der Waals surface area contributed by atoms with E-state index in [1.54, 1.807) is 6.92 Å². The van der Waals surface area contributed by atoms with E-state index in [0.29, 0.717) is 23.8 Å². The van der Waals surface area contributed by atoms with E-state index in [0.717, 1.165) is 10.0 Å². The number of H-pyrrole nitrogens is 1. The van der Waals surface area contributed by atoms with E-state index < -0.39 is 0 Å². The average Bonchev–Trinajstić information content (AvgIpc) is 2.73. The molecule has 1 N–H and O–H groups in total. The minimum Gasteiger partial charge on any atom is -0.461 e. The van der Waals surface area contributed by atoms with Gasteiger partial charge < -0.3 is 9.72 Å². The van der Waals surface area contributed by atoms with Gasteiger partial charge in [0.15, 0.2) is 5.69 Å². The molecule has 1 aromatic heterocycles. The molecular weight excluding hydrogens is 296 g/mol. The van der Waals surface area contributed by atoms with E-state index in [9.17, 15) is 4.79 Å². The predicted molar refractivity (Wildman–Crippen MR) is 72.4 cm³/mol. The number of nitrogens with one attached hydrogen (secondary N) is 1. The third-order valence-corrected chi connectivity index (χ3v) is 2.95. The van der Waals surface area contributed by atoms with Crippen LogP contribution >= 0.6 is 15.9 Å². The zero-order valence-corrected chi connectivity index (χ0v) is 11.7. The summed E-state index contributed by atoms with van der Waals surface area (Å²) in [6, 6.07) is 7.63. The first-order valence-electron chi connectivity index (χ1n) is 5.61. The summed E-state index contributed by atoms with van der Waals surface area (Å²) < 4.78 is 5.99. The first kappa shape index (κ1) is 12.8. The molecule has 0 aliphatic heterocycles. The van der Waals surface area contributed by atoms with Crippen molar-refractivity contribution in [3.05, 3.63) is 40.3 Å². The average molecular weight is 309 g/mol. The normalized spacial score (nSPS) is 10.4. The second-order valence-corrected chi connectivity index (χ2v) is 4.69. The Morgan fingerprint density at radius 1 is 1.39 bits per heavy atom. The number of ether oxygens (including phenoxy) is 1. The standard InChI is InChI=1S/C13H13BrN2O2/c1-3-18-13(17)12-11(15-8(2)16-12)9-4-6-10(14)7-5-9/h4-7H,3H2,1-2H3,(H,15,16). The van der Waals surface area contributed by atoms with Crippen molar-refractivity contribution in [2.45, 2.75) is 13.8 Å². The number of benzene rings is 1. The molecule has 0 radical (unpaired) electrons. The molecule has 18 heavy (non-hydrogen) atoms. The maximum absolute atomic E-state index is 11.8. The quantitative estimate of drug-likeness (QED) is 0.885. The number of hydrogen-bond donors (Lipinski definition) is 1. The summed E-state index contributed by atoms with van der Waals surface area (Å²) in [5.41, 5.74) is 1.90. The molecule has 0 amide bonds. The fourth-order valence-electron chi connectivity index (χ4n) is 1.66. The highest BCUT2D eigenvalue weighted by molar-refractivity contribution is 9.10. The van der Waals surface area contributed by atoms with Crippen LogP contribution in [0.25, 0.3) is 11.3 Å². The van der Waals surface area contributed by atoms with Crippen molar-refractivity contribution < 1.29 is 9.53 Å². The smallest absolute Gasteiger partial charge is 0.357 e. The number of halogens is 1. The highest BCUT2D eigenvalue weighted by Crippen LogP contribution is 2.24. The topological polar surface area (TPSA) is 55.0 Å². The Labute approximate surface area is 114 Å². The molecule has 0 unspecified atom stereocenters. The van der Waals surface area contributed by atoms with Crippen molar-refractivity contribution in [2.24, 2.45) is 0 Å². The molecule has 1 aromatic carbocycles. The van der Waals surface area contributed by atoms with Crippen LogP contribution in [-0.2, 0) is 4.74 Å². The first-order chi connectivity index (χ1) is 8.61. The SMILES string of the molecule is CCOC(=O)c1[nH]c(C)nc1-c1ccc(Br)cc1. The summed E-state index contributed by atoms with van der Waals surface area (Å²) >= 11 is 3.38. The lowest BCUT2D eigenvalue weighted by Crippen LogP contribution is -2.06. The Morgan fingerprint density at radius 2 is 2.06 bits per heavy atom. The van der Waals surface area contributed by atoms with Gasteiger partial charge in [-0.3, -0.25) is 0 Å². The van der Waals surface area contributed by atoms with Gasteiger partial charge in [-0.25, -0.2) is 9.78 Å². The number of carbonyl (C=O) groups is 1. The van der Waals surface area contributed by atoms with Crippen LogP contribution in [-0.4, -0.2) is 22.5 Å². The third kappa shape index (κ3) is 2.61. The summed E-state index contributed by atoms with van der Waals surface area (Å²) in [7, 11) is 0. The van der Waals surface area contributed by atoms with Crippen molar-refractivity contribution in [3.8, 4) is 11.3 Å². The van der Waals surface area contributed by atoms with E-state index in [2.05, 4.69) is 25.9 Å². The number of aryl methyl sites for hydroxylation is 1. The molecule has 0 fully saturated rings. The second-order valence-electron chi connectivity index (χ2n) is 3.77. The Hall–Kier alpha value is -1.62. The highest BCUT2D eigenvalue weighted by atomic mass is 79.9. The van der Waals surface area contributed by atoms with Gasteiger partial charge in [0, 0.05) is 10.0 Å². The molecule has 0 bridgehead atoms. The summed E-state index contributed by atoms with van der Waals surface area (Å²) in [5, 5.41) is 0. The Kier molecular flexibility index (Phi) is 3.81. The lowest BCUT2D eigenvalue weighted by atomic mass is 10.1. The van der Waals surface area contributed by atoms with Crippen LogP contribution in [0.5, 0.6) is 0 Å². The van der Waals surface area contributed by atoms with Crippen molar-refractivity contribution in [3.63, 3.8) is 0 Å². The summed E-state index contributed by atoms with van der Waals surface area (Å²) in [6.07, 6.45) is 0. The predicted octanol–water partition coefficient (Wildman–Crippen LogP) is 3.32. The van der Waals surface area contributed by atoms with Crippen molar-refractivity contribution in [1.29, 1.82) is 0 Å². The molecule has 1 heterocycles. The zero-order chi connectivity index (χ0) is 13.1. The lowest BCUT2D eigenvalue weighted by Gasteiger charge is -2.02. The van der Waals surface area contributed by atoms with Gasteiger partial charge >= 0.3 is 5.97 Å². The minimum atomic E-state index is -0.379. The number of carbonyl (C=O) groups excluding carboxylic acids is 1. The number of aromatic amines is 1. The van der Waals surface area contributed by atoms with Gasteiger partial charge in [0.25, 0.3) is 0 Å². The molecule has 0 aliphatic carbocycles. The third-order valence-electron chi connectivity index (χ3n) is 2.42. The van der Waals surface area contributed by atoms with Gasteiger partial charge in [-0.1, -0.05) is 28.1 Å². The Balaban J connectivity index is 2.44. The van der Waals surface area contributed by atoms with Gasteiger partial charge in [-0.15, -0.1) is 0 Å². The highest BCUT2D eigenvalue weighted by Gasteiger charge is 2.18. The lowest BCUT2D eigenvalue weighted by molar-refractivity contribution is 0.0521. The first-order valence-corrected chi connectivity index (χ1v) is 6.40. The van der Waals surface area contributed by atoms with Crippen LogP contribution in [0.2, 0.25) is 0 Å². The van der Waals surface area contributed by atoms with Crippen LogP contribution in [0.15, 0.2) is 28.7 Å². The van der Waals surface area contributed by atoms with E-state index in [1.807, 2.05) is 31.2 Å². The minimum absolute atomic E-state index is 0.344. The van der Waals surface area contributed by atoms with Crippen LogP contribution in [0.3, 0.4) is 0 Å². The second kappa shape index (κ2) is 5.35. The van der Waals surface area contributed by atoms with Gasteiger partial charge in [-0.2, -0.15) is 0 Å². The molecule has 94 valence electrons. The van der Waals surface area contributed by atoms with E-state index in [-0.39, 0.29) is 5.97 Å². The van der Waals surface area contributed by atoms with Crippen LogP contribution in [0.1, 0.15) is 23.2 Å². The fourth-order valence-corrected chi connectivity index (χ4v) is 1.92. The van der Waals surface area contributed by atoms with E-state index >= 15 is 0 Å². The monoisotopic (exact) mass is 308 g/mol. The molecule has 0 saturated carbocycles. The number of hydrogen-bond acceptors (Lipinski definition) is 3. The maximum atomic E-state index is 11.8. The molecule has 4 nitrogen and oxygen atoms in total. The molecule has 5 heteroatoms. The number of rotatable bonds is 3. The number of imidazole rings is 1. The van der Waals surface area contributed by atoms with Gasteiger partial charge in [0.2, 0.25) is 0 Å². The Morgan fingerprint density at radius 3 is 2.67 bits per heavy atom. The molecular formula is C13H13BrN2O2. The van der Waals surface area contributed by atoms with Crippen LogP contribution < -0.4 is 0 Å². The number of nitrogens with zero attached hydrogens (tertiary/aromatic N) is 1. The molecule has 0 aliphatic rings. The molecule has 0 spiro atoms. The van der Waals surface area contributed by atoms with Crippen LogP contribution in [0, 0.1) is 6.92 Å². The molecule has 2 aromatic rings. The van der Waals surface area contributed by atoms with Gasteiger partial charge in [0.05, 0.1) is 6.61 Å². The van der Waals surface area contributed by atoms with E-state index in [1.165, 1.54) is 0 Å². The largest absolute Gasteiger partial charge is 0.461 e. The summed E-state index contributed by atoms with van der Waals surface area (Å²) in [4.78, 5) is 19.1. The maximum Gasteiger partial charge on any atom is 0.357 e. The van der Waals surface area contributed by atoms with Crippen molar-refractivity contribution in [2.75, 3.05) is 6.61 Å². The van der Waals surface area contributed by atoms with Crippen molar-refractivity contribution >= 4 is 21.9 Å². The molecule has 0 atom stereocenters. The number of aromatic nitrogens is 2. The van der Waals surface area contributed by atoms with E-state index in [4.69, 9.17) is 4.74 Å². The fraction of sp³-hybridized carbons (Fsp3) is 0.231. The molecule has 2 rings (SSSR count). The zero-order valence-electron chi connectivity index (χ0n) is 10.2. The number of esters is 1. The van der Waals surface area contributed by atoms with Crippen molar-refractivity contribution in [1.82, 2.24) is 9.97 Å². The van der Waals surface area contributed by atoms with Gasteiger partial charge in [-0.05, 0) is 26.0 Å². The Bertz CT molecular complexity index is 561. The van der Waals surface area contributed by atoms with Crippen LogP contribution in [0.4, 0.5) is 0 Å². The summed E-state index contributed by atoms with van der Waals surface area (Å²) in [6.45, 7) is 3.93. The van der Waals surface area contributed by atoms with Gasteiger partial charge in [0.1, 0.15) is 11.5 Å².